The van der Waals surface area contributed by atoms with Gasteiger partial charge < -0.3 is 9.67 Å². The van der Waals surface area contributed by atoms with Gasteiger partial charge in [0, 0.05) is 12.5 Å². The first-order valence-corrected chi connectivity index (χ1v) is 5.84. The van der Waals surface area contributed by atoms with E-state index in [1.165, 1.54) is 0 Å². The van der Waals surface area contributed by atoms with Crippen LogP contribution in [0.5, 0.6) is 0 Å². The van der Waals surface area contributed by atoms with E-state index in [0.717, 1.165) is 37.3 Å². The Hall–Kier alpha value is -1.83. The van der Waals surface area contributed by atoms with Gasteiger partial charge in [0.1, 0.15) is 11.9 Å². The topological polar surface area (TPSA) is 78.9 Å². The lowest BCUT2D eigenvalue weighted by Crippen LogP contribution is -2.16. The van der Waals surface area contributed by atoms with Crippen molar-refractivity contribution in [2.75, 3.05) is 0 Å². The van der Waals surface area contributed by atoms with Crippen LogP contribution in [0.1, 0.15) is 49.3 Å². The van der Waals surface area contributed by atoms with Gasteiger partial charge in [0.25, 0.3) is 0 Å². The minimum absolute atomic E-state index is 0.0569. The number of aromatic nitrogens is 2. The highest BCUT2D eigenvalue weighted by Crippen LogP contribution is 2.26. The molecule has 0 aliphatic carbocycles. The second kappa shape index (κ2) is 4.58. The molecule has 17 heavy (non-hydrogen) atoms. The third-order valence-corrected chi connectivity index (χ3v) is 3.17. The van der Waals surface area contributed by atoms with Gasteiger partial charge in [-0.1, -0.05) is 6.92 Å². The molecule has 0 aromatic carbocycles. The quantitative estimate of drug-likeness (QED) is 0.861. The van der Waals surface area contributed by atoms with Crippen LogP contribution in [0, 0.1) is 11.3 Å². The number of fused-ring (bicyclic) bond motifs is 1. The Morgan fingerprint density at radius 2 is 2.41 bits per heavy atom. The van der Waals surface area contributed by atoms with Crippen LogP contribution < -0.4 is 0 Å². The molecule has 0 fully saturated rings. The predicted molar refractivity (Wildman–Crippen MR) is 60.5 cm³/mol. The van der Waals surface area contributed by atoms with Crippen molar-refractivity contribution in [1.82, 2.24) is 9.55 Å². The zero-order valence-electron chi connectivity index (χ0n) is 9.81. The summed E-state index contributed by atoms with van der Waals surface area (Å²) in [5, 5.41) is 17.8. The van der Waals surface area contributed by atoms with Gasteiger partial charge in [-0.25, -0.2) is 4.98 Å². The Morgan fingerprint density at radius 3 is 3.06 bits per heavy atom. The second-order valence-corrected chi connectivity index (χ2v) is 4.48. The number of hydrogen-bond donors (Lipinski definition) is 1. The minimum atomic E-state index is -0.829. The molecule has 1 aliphatic heterocycles. The molecule has 0 radical (unpaired) electrons. The van der Waals surface area contributed by atoms with Crippen LogP contribution in [0.2, 0.25) is 0 Å². The van der Waals surface area contributed by atoms with E-state index >= 15 is 0 Å². The fourth-order valence-corrected chi connectivity index (χ4v) is 2.39. The van der Waals surface area contributed by atoms with Crippen LogP contribution in [-0.4, -0.2) is 20.6 Å². The highest BCUT2D eigenvalue weighted by atomic mass is 16.4. The number of rotatable bonds is 3. The third kappa shape index (κ3) is 2.16. The number of imidazole rings is 1. The van der Waals surface area contributed by atoms with Crippen molar-refractivity contribution < 1.29 is 9.90 Å². The number of hydrogen-bond acceptors (Lipinski definition) is 3. The zero-order chi connectivity index (χ0) is 12.4. The summed E-state index contributed by atoms with van der Waals surface area (Å²) in [6.07, 6.45) is 3.07. The number of nitrogens with zero attached hydrogens (tertiary/aromatic N) is 3. The van der Waals surface area contributed by atoms with E-state index in [-0.39, 0.29) is 12.3 Å². The lowest BCUT2D eigenvalue weighted by Gasteiger charge is -2.18. The van der Waals surface area contributed by atoms with Gasteiger partial charge in [0.2, 0.25) is 0 Å². The highest BCUT2D eigenvalue weighted by Gasteiger charge is 2.24. The molecule has 0 amide bonds. The number of nitriles is 1. The summed E-state index contributed by atoms with van der Waals surface area (Å²) >= 11 is 0. The molecule has 1 aromatic rings. The molecular weight excluding hydrogens is 218 g/mol. The van der Waals surface area contributed by atoms with E-state index in [4.69, 9.17) is 10.4 Å². The van der Waals surface area contributed by atoms with Gasteiger partial charge in [-0.05, 0) is 19.3 Å². The lowest BCUT2D eigenvalue weighted by molar-refractivity contribution is -0.137. The van der Waals surface area contributed by atoms with Gasteiger partial charge in [0.05, 0.1) is 12.1 Å². The number of aliphatic carboxylic acids is 1. The summed E-state index contributed by atoms with van der Waals surface area (Å²) < 4.78 is 2.04. The molecule has 0 saturated carbocycles. The zero-order valence-corrected chi connectivity index (χ0v) is 9.81. The molecular formula is C12H15N3O2. The summed E-state index contributed by atoms with van der Waals surface area (Å²) in [4.78, 5) is 15.0. The Kier molecular flexibility index (Phi) is 3.14. The van der Waals surface area contributed by atoms with Crippen LogP contribution in [0.3, 0.4) is 0 Å². The van der Waals surface area contributed by atoms with Gasteiger partial charge in [-0.3, -0.25) is 4.79 Å². The molecule has 1 unspecified atom stereocenters. The standard InChI is InChI=1S/C12H15N3O2/c1-8(6-11(16)17)12-14-9(7-13)10-4-2-3-5-15(10)12/h8H,2-6H2,1H3,(H,16,17). The van der Waals surface area contributed by atoms with Gasteiger partial charge >= 0.3 is 5.97 Å². The average Bonchev–Trinajstić information content (AvgIpc) is 2.67. The summed E-state index contributed by atoms with van der Waals surface area (Å²) in [6.45, 7) is 2.70. The van der Waals surface area contributed by atoms with E-state index in [2.05, 4.69) is 11.1 Å². The van der Waals surface area contributed by atoms with Gasteiger partial charge in [-0.2, -0.15) is 5.26 Å². The number of carboxylic acid groups (broad SMARTS) is 1. The second-order valence-electron chi connectivity index (χ2n) is 4.48. The SMILES string of the molecule is CC(CC(=O)O)c1nc(C#N)c2n1CCCC2. The van der Waals surface area contributed by atoms with E-state index in [9.17, 15) is 4.79 Å². The van der Waals surface area contributed by atoms with Crippen LogP contribution in [0.15, 0.2) is 0 Å². The van der Waals surface area contributed by atoms with Crippen molar-refractivity contribution in [2.45, 2.75) is 45.1 Å². The Bertz CT molecular complexity index is 485. The fraction of sp³-hybridized carbons (Fsp3) is 0.583. The molecule has 0 bridgehead atoms. The van der Waals surface area contributed by atoms with Crippen LogP contribution in [0.25, 0.3) is 0 Å². The van der Waals surface area contributed by atoms with Gasteiger partial charge in [0.15, 0.2) is 5.69 Å². The molecule has 2 heterocycles. The molecule has 1 N–H and O–H groups in total. The third-order valence-electron chi connectivity index (χ3n) is 3.17. The first-order chi connectivity index (χ1) is 8.13. The Labute approximate surface area is 99.7 Å². The fourth-order valence-electron chi connectivity index (χ4n) is 2.39. The van der Waals surface area contributed by atoms with Crippen molar-refractivity contribution >= 4 is 5.97 Å². The molecule has 5 heteroatoms. The molecule has 1 atom stereocenters. The summed E-state index contributed by atoms with van der Waals surface area (Å²) in [5.74, 6) is -0.228. The van der Waals surface area contributed by atoms with Crippen molar-refractivity contribution in [3.05, 3.63) is 17.2 Å². The van der Waals surface area contributed by atoms with Crippen molar-refractivity contribution in [1.29, 1.82) is 5.26 Å². The molecule has 2 rings (SSSR count). The molecule has 0 saturated heterocycles. The van der Waals surface area contributed by atoms with E-state index in [1.807, 2.05) is 11.5 Å². The number of carbonyl (C=O) groups is 1. The summed E-state index contributed by atoms with van der Waals surface area (Å²) in [6, 6.07) is 2.10. The molecule has 1 aliphatic rings. The van der Waals surface area contributed by atoms with Gasteiger partial charge in [-0.15, -0.1) is 0 Å². The minimum Gasteiger partial charge on any atom is -0.481 e. The van der Waals surface area contributed by atoms with E-state index in [0.29, 0.717) is 5.69 Å². The maximum Gasteiger partial charge on any atom is 0.304 e. The van der Waals surface area contributed by atoms with Crippen molar-refractivity contribution in [3.63, 3.8) is 0 Å². The molecule has 90 valence electrons. The molecule has 0 spiro atoms. The van der Waals surface area contributed by atoms with E-state index < -0.39 is 5.97 Å². The maximum atomic E-state index is 10.7. The van der Waals surface area contributed by atoms with Crippen molar-refractivity contribution in [2.24, 2.45) is 0 Å². The van der Waals surface area contributed by atoms with Crippen molar-refractivity contribution in [3.8, 4) is 6.07 Å². The lowest BCUT2D eigenvalue weighted by atomic mass is 10.1. The Balaban J connectivity index is 2.37. The summed E-state index contributed by atoms with van der Waals surface area (Å²) in [5.41, 5.74) is 1.45. The smallest absolute Gasteiger partial charge is 0.304 e. The van der Waals surface area contributed by atoms with Crippen LogP contribution >= 0.6 is 0 Å². The molecule has 5 nitrogen and oxygen atoms in total. The predicted octanol–water partition coefficient (Wildman–Crippen LogP) is 1.67. The highest BCUT2D eigenvalue weighted by molar-refractivity contribution is 5.67. The van der Waals surface area contributed by atoms with E-state index in [1.54, 1.807) is 0 Å². The largest absolute Gasteiger partial charge is 0.481 e. The van der Waals surface area contributed by atoms with Crippen LogP contribution in [-0.2, 0) is 17.8 Å². The first-order valence-electron chi connectivity index (χ1n) is 5.84. The average molecular weight is 233 g/mol. The number of carboxylic acids is 1. The normalized spacial score (nSPS) is 16.0. The monoisotopic (exact) mass is 233 g/mol. The summed E-state index contributed by atoms with van der Waals surface area (Å²) in [7, 11) is 0. The van der Waals surface area contributed by atoms with Crippen LogP contribution in [0.4, 0.5) is 0 Å². The molecule has 1 aromatic heterocycles. The maximum absolute atomic E-state index is 10.7. The Morgan fingerprint density at radius 1 is 1.65 bits per heavy atom. The first kappa shape index (κ1) is 11.6.